The Morgan fingerprint density at radius 2 is 2.00 bits per heavy atom. The van der Waals surface area contributed by atoms with Crippen molar-refractivity contribution >= 4 is 17.7 Å². The van der Waals surface area contributed by atoms with Gasteiger partial charge in [0.05, 0.1) is 7.11 Å². The molecule has 1 unspecified atom stereocenters. The lowest BCUT2D eigenvalue weighted by molar-refractivity contribution is -0.140. The Bertz CT molecular complexity index is 146. The van der Waals surface area contributed by atoms with Crippen molar-refractivity contribution in [1.82, 2.24) is 0 Å². The molecule has 0 saturated heterocycles. The highest BCUT2D eigenvalue weighted by Crippen LogP contribution is 2.19. The molecule has 3 heteroatoms. The fourth-order valence-corrected chi connectivity index (χ4v) is 1.85. The second-order valence-electron chi connectivity index (χ2n) is 3.50. The first kappa shape index (κ1) is 12.8. The van der Waals surface area contributed by atoms with E-state index in [-0.39, 0.29) is 5.97 Å². The van der Waals surface area contributed by atoms with Crippen LogP contribution in [0.5, 0.6) is 0 Å². The number of ether oxygens (including phenoxy) is 1. The van der Waals surface area contributed by atoms with E-state index in [2.05, 4.69) is 25.5 Å². The fraction of sp³-hybridized carbons (Fsp3) is 0.900. The van der Waals surface area contributed by atoms with Crippen molar-refractivity contribution in [3.63, 3.8) is 0 Å². The average Bonchev–Trinajstić information content (AvgIpc) is 2.11. The number of esters is 1. The molecule has 13 heavy (non-hydrogen) atoms. The molecule has 0 spiro atoms. The zero-order chi connectivity index (χ0) is 10.3. The van der Waals surface area contributed by atoms with Crippen LogP contribution in [-0.4, -0.2) is 24.1 Å². The van der Waals surface area contributed by atoms with Crippen molar-refractivity contribution in [2.45, 2.75) is 38.9 Å². The smallest absolute Gasteiger partial charge is 0.305 e. The Morgan fingerprint density at radius 1 is 1.38 bits per heavy atom. The van der Waals surface area contributed by atoms with Crippen molar-refractivity contribution in [3.8, 4) is 0 Å². The van der Waals surface area contributed by atoms with Crippen LogP contribution in [0.1, 0.15) is 33.6 Å². The quantitative estimate of drug-likeness (QED) is 0.491. The summed E-state index contributed by atoms with van der Waals surface area (Å²) in [6.07, 6.45) is 1.47. The minimum Gasteiger partial charge on any atom is -0.469 e. The van der Waals surface area contributed by atoms with E-state index >= 15 is 0 Å². The number of thioether (sulfide) groups is 1. The van der Waals surface area contributed by atoms with Gasteiger partial charge in [-0.05, 0) is 18.1 Å². The summed E-state index contributed by atoms with van der Waals surface area (Å²) in [6, 6.07) is 0. The molecule has 0 aliphatic heterocycles. The van der Waals surface area contributed by atoms with E-state index in [1.54, 1.807) is 0 Å². The summed E-state index contributed by atoms with van der Waals surface area (Å²) in [5, 5.41) is 0.678. The standard InChI is InChI=1S/C10H20O2S/c1-8(2)9(3)13-7-5-6-10(11)12-4/h8-9H,5-7H2,1-4H3. The Balaban J connectivity index is 3.30. The highest BCUT2D eigenvalue weighted by Gasteiger charge is 2.07. The highest BCUT2D eigenvalue weighted by atomic mass is 32.2. The average molecular weight is 204 g/mol. The molecule has 0 bridgehead atoms. The van der Waals surface area contributed by atoms with Crippen molar-refractivity contribution in [2.75, 3.05) is 12.9 Å². The third-order valence-corrected chi connectivity index (χ3v) is 3.67. The summed E-state index contributed by atoms with van der Waals surface area (Å²) >= 11 is 1.93. The van der Waals surface area contributed by atoms with Gasteiger partial charge in [0.2, 0.25) is 0 Å². The van der Waals surface area contributed by atoms with Crippen LogP contribution in [0.3, 0.4) is 0 Å². The Hall–Kier alpha value is -0.180. The maximum atomic E-state index is 10.8. The molecule has 0 amide bonds. The van der Waals surface area contributed by atoms with E-state index in [1.165, 1.54) is 7.11 Å². The van der Waals surface area contributed by atoms with E-state index < -0.39 is 0 Å². The first-order valence-electron chi connectivity index (χ1n) is 4.76. The maximum Gasteiger partial charge on any atom is 0.305 e. The first-order chi connectivity index (χ1) is 6.07. The number of rotatable bonds is 6. The Morgan fingerprint density at radius 3 is 2.46 bits per heavy atom. The molecule has 0 aromatic heterocycles. The van der Waals surface area contributed by atoms with Crippen molar-refractivity contribution < 1.29 is 9.53 Å². The second-order valence-corrected chi connectivity index (χ2v) is 4.98. The summed E-state index contributed by atoms with van der Waals surface area (Å²) in [6.45, 7) is 6.67. The molecule has 0 saturated carbocycles. The van der Waals surface area contributed by atoms with Gasteiger partial charge in [0.1, 0.15) is 0 Å². The summed E-state index contributed by atoms with van der Waals surface area (Å²) in [7, 11) is 1.44. The summed E-state index contributed by atoms with van der Waals surface area (Å²) in [5.41, 5.74) is 0. The maximum absolute atomic E-state index is 10.8. The Labute approximate surface area is 85.4 Å². The zero-order valence-corrected chi connectivity index (χ0v) is 9.82. The van der Waals surface area contributed by atoms with Gasteiger partial charge in [0.25, 0.3) is 0 Å². The van der Waals surface area contributed by atoms with Crippen LogP contribution in [0.25, 0.3) is 0 Å². The van der Waals surface area contributed by atoms with Crippen molar-refractivity contribution in [3.05, 3.63) is 0 Å². The van der Waals surface area contributed by atoms with Crippen LogP contribution >= 0.6 is 11.8 Å². The van der Waals surface area contributed by atoms with Gasteiger partial charge in [-0.1, -0.05) is 20.8 Å². The molecule has 0 N–H and O–H groups in total. The highest BCUT2D eigenvalue weighted by molar-refractivity contribution is 7.99. The third kappa shape index (κ3) is 6.94. The SMILES string of the molecule is COC(=O)CCCSC(C)C(C)C. The number of methoxy groups -OCH3 is 1. The molecule has 0 rings (SSSR count). The predicted octanol–water partition coefficient (Wildman–Crippen LogP) is 2.72. The largest absolute Gasteiger partial charge is 0.469 e. The van der Waals surface area contributed by atoms with Gasteiger partial charge in [-0.3, -0.25) is 4.79 Å². The van der Waals surface area contributed by atoms with Gasteiger partial charge in [-0.25, -0.2) is 0 Å². The lowest BCUT2D eigenvalue weighted by atomic mass is 10.2. The number of carbonyl (C=O) groups is 1. The first-order valence-corrected chi connectivity index (χ1v) is 5.81. The van der Waals surface area contributed by atoms with Gasteiger partial charge in [-0.2, -0.15) is 11.8 Å². The molecule has 0 fully saturated rings. The van der Waals surface area contributed by atoms with E-state index in [0.717, 1.165) is 12.2 Å². The molecule has 0 heterocycles. The molecule has 0 aromatic carbocycles. The second kappa shape index (κ2) is 7.25. The molecular weight excluding hydrogens is 184 g/mol. The summed E-state index contributed by atoms with van der Waals surface area (Å²) in [4.78, 5) is 10.8. The number of hydrogen-bond acceptors (Lipinski definition) is 3. The molecule has 0 aliphatic carbocycles. The zero-order valence-electron chi connectivity index (χ0n) is 9.00. The molecular formula is C10H20O2S. The van der Waals surface area contributed by atoms with E-state index in [0.29, 0.717) is 17.6 Å². The molecule has 0 aromatic rings. The number of hydrogen-bond donors (Lipinski definition) is 0. The van der Waals surface area contributed by atoms with E-state index in [1.807, 2.05) is 11.8 Å². The summed E-state index contributed by atoms with van der Waals surface area (Å²) in [5.74, 6) is 1.66. The van der Waals surface area contributed by atoms with Crippen LogP contribution in [0.4, 0.5) is 0 Å². The normalized spacial score (nSPS) is 13.0. The molecule has 0 aliphatic rings. The van der Waals surface area contributed by atoms with Crippen molar-refractivity contribution in [2.24, 2.45) is 5.92 Å². The monoisotopic (exact) mass is 204 g/mol. The van der Waals surface area contributed by atoms with Gasteiger partial charge >= 0.3 is 5.97 Å². The van der Waals surface area contributed by atoms with Gasteiger partial charge in [0.15, 0.2) is 0 Å². The van der Waals surface area contributed by atoms with E-state index in [4.69, 9.17) is 0 Å². The third-order valence-electron chi connectivity index (χ3n) is 2.07. The Kier molecular flexibility index (Phi) is 7.14. The van der Waals surface area contributed by atoms with E-state index in [9.17, 15) is 4.79 Å². The van der Waals surface area contributed by atoms with Crippen molar-refractivity contribution in [1.29, 1.82) is 0 Å². The van der Waals surface area contributed by atoms with Crippen LogP contribution in [0.2, 0.25) is 0 Å². The van der Waals surface area contributed by atoms with Gasteiger partial charge < -0.3 is 4.74 Å². The van der Waals surface area contributed by atoms with Crippen LogP contribution in [0, 0.1) is 5.92 Å². The minimum atomic E-state index is -0.0993. The lowest BCUT2D eigenvalue weighted by Gasteiger charge is -2.14. The van der Waals surface area contributed by atoms with Gasteiger partial charge in [-0.15, -0.1) is 0 Å². The van der Waals surface area contributed by atoms with Crippen LogP contribution in [-0.2, 0) is 9.53 Å². The fourth-order valence-electron chi connectivity index (χ4n) is 0.780. The topological polar surface area (TPSA) is 26.3 Å². The molecule has 1 atom stereocenters. The van der Waals surface area contributed by atoms with Crippen LogP contribution in [0.15, 0.2) is 0 Å². The number of carbonyl (C=O) groups excluding carboxylic acids is 1. The molecule has 0 radical (unpaired) electrons. The summed E-state index contributed by atoms with van der Waals surface area (Å²) < 4.78 is 4.56. The lowest BCUT2D eigenvalue weighted by Crippen LogP contribution is -2.07. The molecule has 78 valence electrons. The minimum absolute atomic E-state index is 0.0993. The van der Waals surface area contributed by atoms with Crippen LogP contribution < -0.4 is 0 Å². The predicted molar refractivity (Wildman–Crippen MR) is 58.0 cm³/mol. The van der Waals surface area contributed by atoms with Gasteiger partial charge in [0, 0.05) is 11.7 Å². The molecule has 2 nitrogen and oxygen atoms in total.